The third-order valence-electron chi connectivity index (χ3n) is 2.62. The summed E-state index contributed by atoms with van der Waals surface area (Å²) in [5, 5.41) is 0. The molecular weight excluding hydrogens is 166 g/mol. The smallest absolute Gasteiger partial charge is 0.236 e. The van der Waals surface area contributed by atoms with Crippen LogP contribution >= 0.6 is 0 Å². The van der Waals surface area contributed by atoms with Gasteiger partial charge in [0.05, 0.1) is 0 Å². The molecular formula is C9H19N3O. The second-order valence-corrected chi connectivity index (χ2v) is 4.01. The quantitative estimate of drug-likeness (QED) is 0.631. The number of hydrogen-bond acceptors (Lipinski definition) is 3. The Morgan fingerprint density at radius 1 is 1.46 bits per heavy atom. The number of primary amides is 1. The molecule has 76 valence electrons. The maximum absolute atomic E-state index is 11.2. The highest BCUT2D eigenvalue weighted by molar-refractivity contribution is 5.80. The number of carbonyl (C=O) groups excluding carboxylic acids is 1. The van der Waals surface area contributed by atoms with Gasteiger partial charge in [0.1, 0.15) is 6.04 Å². The zero-order valence-corrected chi connectivity index (χ0v) is 8.66. The van der Waals surface area contributed by atoms with Crippen molar-refractivity contribution < 1.29 is 4.79 Å². The molecule has 0 radical (unpaired) electrons. The lowest BCUT2D eigenvalue weighted by Gasteiger charge is -2.40. The molecule has 1 amide bonds. The van der Waals surface area contributed by atoms with Crippen LogP contribution in [0.3, 0.4) is 0 Å². The third kappa shape index (κ3) is 2.42. The molecule has 1 saturated heterocycles. The van der Waals surface area contributed by atoms with E-state index < -0.39 is 0 Å². The molecule has 1 fully saturated rings. The summed E-state index contributed by atoms with van der Waals surface area (Å²) >= 11 is 0. The van der Waals surface area contributed by atoms with Crippen molar-refractivity contribution in [3.63, 3.8) is 0 Å². The van der Waals surface area contributed by atoms with Gasteiger partial charge in [-0.3, -0.25) is 9.69 Å². The van der Waals surface area contributed by atoms with Gasteiger partial charge in [-0.2, -0.15) is 0 Å². The van der Waals surface area contributed by atoms with Crippen LogP contribution in [0, 0.1) is 0 Å². The summed E-state index contributed by atoms with van der Waals surface area (Å²) in [5.74, 6) is -0.208. The maximum Gasteiger partial charge on any atom is 0.236 e. The standard InChI is InChI=1S/C9H19N3O/c1-7(2)12-5-4-11(3)6-8(12)9(10)13/h7-8H,4-6H2,1-3H3,(H2,10,13)/t8-/m0/s1. The zero-order chi connectivity index (χ0) is 10.0. The summed E-state index contributed by atoms with van der Waals surface area (Å²) in [4.78, 5) is 15.5. The molecule has 0 aromatic heterocycles. The zero-order valence-electron chi connectivity index (χ0n) is 8.66. The molecule has 1 heterocycles. The Labute approximate surface area is 79.7 Å². The van der Waals surface area contributed by atoms with Crippen molar-refractivity contribution in [2.45, 2.75) is 25.9 Å². The summed E-state index contributed by atoms with van der Waals surface area (Å²) in [6.45, 7) is 6.90. The van der Waals surface area contributed by atoms with Crippen LogP contribution in [0.1, 0.15) is 13.8 Å². The molecule has 4 heteroatoms. The van der Waals surface area contributed by atoms with Crippen molar-refractivity contribution in [1.29, 1.82) is 0 Å². The van der Waals surface area contributed by atoms with Crippen molar-refractivity contribution >= 4 is 5.91 Å². The number of amides is 1. The van der Waals surface area contributed by atoms with Gasteiger partial charge in [-0.05, 0) is 20.9 Å². The summed E-state index contributed by atoms with van der Waals surface area (Å²) < 4.78 is 0. The minimum absolute atomic E-state index is 0.112. The molecule has 0 saturated carbocycles. The first kappa shape index (κ1) is 10.5. The summed E-state index contributed by atoms with van der Waals surface area (Å²) in [7, 11) is 2.02. The van der Waals surface area contributed by atoms with E-state index in [1.165, 1.54) is 0 Å². The van der Waals surface area contributed by atoms with Gasteiger partial charge in [0, 0.05) is 25.7 Å². The van der Waals surface area contributed by atoms with E-state index in [0.717, 1.165) is 19.6 Å². The fourth-order valence-electron chi connectivity index (χ4n) is 1.80. The van der Waals surface area contributed by atoms with Crippen LogP contribution in [0.15, 0.2) is 0 Å². The maximum atomic E-state index is 11.2. The average Bonchev–Trinajstić information content (AvgIpc) is 2.03. The molecule has 2 N–H and O–H groups in total. The Bertz CT molecular complexity index is 193. The molecule has 0 spiro atoms. The molecule has 0 aliphatic carbocycles. The molecule has 4 nitrogen and oxygen atoms in total. The summed E-state index contributed by atoms with van der Waals surface area (Å²) in [6.07, 6.45) is 0. The Morgan fingerprint density at radius 2 is 2.08 bits per heavy atom. The van der Waals surface area contributed by atoms with E-state index >= 15 is 0 Å². The Morgan fingerprint density at radius 3 is 2.54 bits per heavy atom. The SMILES string of the molecule is CC(C)N1CCN(C)C[C@H]1C(N)=O. The van der Waals surface area contributed by atoms with E-state index in [1.54, 1.807) is 0 Å². The van der Waals surface area contributed by atoms with Crippen LogP contribution in [0.4, 0.5) is 0 Å². The Kier molecular flexibility index (Phi) is 3.27. The number of hydrogen-bond donors (Lipinski definition) is 1. The lowest BCUT2D eigenvalue weighted by atomic mass is 10.1. The van der Waals surface area contributed by atoms with Gasteiger partial charge in [0.2, 0.25) is 5.91 Å². The van der Waals surface area contributed by atoms with Crippen LogP contribution in [-0.4, -0.2) is 54.5 Å². The third-order valence-corrected chi connectivity index (χ3v) is 2.62. The second kappa shape index (κ2) is 4.07. The highest BCUT2D eigenvalue weighted by Gasteiger charge is 2.30. The number of piperazine rings is 1. The minimum Gasteiger partial charge on any atom is -0.368 e. The molecule has 0 bridgehead atoms. The van der Waals surface area contributed by atoms with Gasteiger partial charge in [-0.25, -0.2) is 0 Å². The lowest BCUT2D eigenvalue weighted by molar-refractivity contribution is -0.126. The van der Waals surface area contributed by atoms with E-state index in [4.69, 9.17) is 5.73 Å². The van der Waals surface area contributed by atoms with E-state index in [2.05, 4.69) is 23.6 Å². The highest BCUT2D eigenvalue weighted by atomic mass is 16.1. The second-order valence-electron chi connectivity index (χ2n) is 4.01. The number of carbonyl (C=O) groups is 1. The minimum atomic E-state index is -0.208. The molecule has 0 aromatic carbocycles. The fraction of sp³-hybridized carbons (Fsp3) is 0.889. The van der Waals surface area contributed by atoms with Crippen LogP contribution in [0.5, 0.6) is 0 Å². The van der Waals surface area contributed by atoms with E-state index in [0.29, 0.717) is 6.04 Å². The van der Waals surface area contributed by atoms with Gasteiger partial charge in [0.25, 0.3) is 0 Å². The number of nitrogens with zero attached hydrogens (tertiary/aromatic N) is 2. The van der Waals surface area contributed by atoms with Crippen molar-refractivity contribution in [3.8, 4) is 0 Å². The van der Waals surface area contributed by atoms with E-state index in [-0.39, 0.29) is 11.9 Å². The monoisotopic (exact) mass is 185 g/mol. The van der Waals surface area contributed by atoms with Crippen LogP contribution in [0.2, 0.25) is 0 Å². The molecule has 1 atom stereocenters. The Balaban J connectivity index is 2.66. The molecule has 0 unspecified atom stereocenters. The van der Waals surface area contributed by atoms with Crippen LogP contribution in [0.25, 0.3) is 0 Å². The van der Waals surface area contributed by atoms with Gasteiger partial charge >= 0.3 is 0 Å². The first-order valence-electron chi connectivity index (χ1n) is 4.76. The number of nitrogens with two attached hydrogens (primary N) is 1. The largest absolute Gasteiger partial charge is 0.368 e. The summed E-state index contributed by atoms with van der Waals surface area (Å²) in [6, 6.07) is 0.282. The molecule has 13 heavy (non-hydrogen) atoms. The first-order valence-corrected chi connectivity index (χ1v) is 4.76. The predicted octanol–water partition coefficient (Wildman–Crippen LogP) is -0.504. The Hall–Kier alpha value is -0.610. The van der Waals surface area contributed by atoms with E-state index in [9.17, 15) is 4.79 Å². The van der Waals surface area contributed by atoms with Gasteiger partial charge in [0.15, 0.2) is 0 Å². The van der Waals surface area contributed by atoms with E-state index in [1.807, 2.05) is 7.05 Å². The molecule has 1 rings (SSSR count). The molecule has 1 aliphatic heterocycles. The molecule has 1 aliphatic rings. The fourth-order valence-corrected chi connectivity index (χ4v) is 1.80. The first-order chi connectivity index (χ1) is 6.02. The lowest BCUT2D eigenvalue weighted by Crippen LogP contribution is -2.59. The topological polar surface area (TPSA) is 49.6 Å². The normalized spacial score (nSPS) is 26.6. The van der Waals surface area contributed by atoms with Crippen molar-refractivity contribution in [2.24, 2.45) is 5.73 Å². The summed E-state index contributed by atoms with van der Waals surface area (Å²) in [5.41, 5.74) is 5.35. The van der Waals surface area contributed by atoms with Crippen molar-refractivity contribution in [3.05, 3.63) is 0 Å². The van der Waals surface area contributed by atoms with Gasteiger partial charge in [-0.15, -0.1) is 0 Å². The van der Waals surface area contributed by atoms with Gasteiger partial charge in [-0.1, -0.05) is 0 Å². The molecule has 0 aromatic rings. The highest BCUT2D eigenvalue weighted by Crippen LogP contribution is 2.11. The van der Waals surface area contributed by atoms with Crippen molar-refractivity contribution in [1.82, 2.24) is 9.80 Å². The van der Waals surface area contributed by atoms with Crippen molar-refractivity contribution in [2.75, 3.05) is 26.7 Å². The van der Waals surface area contributed by atoms with Gasteiger partial charge < -0.3 is 10.6 Å². The predicted molar refractivity (Wildman–Crippen MR) is 52.3 cm³/mol. The van der Waals surface area contributed by atoms with Crippen LogP contribution in [-0.2, 0) is 4.79 Å². The number of likely N-dealkylation sites (N-methyl/N-ethyl adjacent to an activating group) is 1. The number of rotatable bonds is 2. The van der Waals surface area contributed by atoms with Crippen LogP contribution < -0.4 is 5.73 Å². The average molecular weight is 185 g/mol.